The molecule has 1 aromatic heterocycles. The highest BCUT2D eigenvalue weighted by Gasteiger charge is 1.95. The van der Waals surface area contributed by atoms with Crippen LogP contribution < -0.4 is 11.1 Å². The summed E-state index contributed by atoms with van der Waals surface area (Å²) in [5, 5.41) is 3.93. The van der Waals surface area contributed by atoms with Crippen molar-refractivity contribution < 1.29 is 0 Å². The fraction of sp³-hybridized carbons (Fsp3) is 0.0833. The van der Waals surface area contributed by atoms with Crippen molar-refractivity contribution >= 4 is 23.2 Å². The molecule has 0 aliphatic carbocycles. The molecule has 3 nitrogen and oxygen atoms in total. The van der Waals surface area contributed by atoms with Crippen molar-refractivity contribution in [3.05, 3.63) is 53.1 Å². The van der Waals surface area contributed by atoms with Gasteiger partial charge in [-0.15, -0.1) is 0 Å². The quantitative estimate of drug-likeness (QED) is 0.857. The van der Waals surface area contributed by atoms with Gasteiger partial charge in [-0.3, -0.25) is 0 Å². The van der Waals surface area contributed by atoms with Gasteiger partial charge in [0.25, 0.3) is 0 Å². The molecule has 1 heterocycles. The molecule has 0 saturated heterocycles. The Balaban J connectivity index is 1.99. The van der Waals surface area contributed by atoms with Crippen LogP contribution in [0.5, 0.6) is 0 Å². The van der Waals surface area contributed by atoms with Crippen LogP contribution in [0.25, 0.3) is 0 Å². The molecule has 2 aromatic rings. The smallest absolute Gasteiger partial charge is 0.128 e. The lowest BCUT2D eigenvalue weighted by atomic mass is 10.2. The van der Waals surface area contributed by atoms with Crippen molar-refractivity contribution in [2.75, 3.05) is 11.1 Å². The van der Waals surface area contributed by atoms with Gasteiger partial charge in [-0.2, -0.15) is 0 Å². The van der Waals surface area contributed by atoms with Gasteiger partial charge in [0.15, 0.2) is 0 Å². The number of aromatic nitrogens is 1. The number of benzene rings is 1. The highest BCUT2D eigenvalue weighted by molar-refractivity contribution is 6.30. The molecule has 0 saturated carbocycles. The molecule has 2 rings (SSSR count). The van der Waals surface area contributed by atoms with E-state index in [0.29, 0.717) is 12.4 Å². The fourth-order valence-corrected chi connectivity index (χ4v) is 1.47. The molecule has 0 radical (unpaired) electrons. The first-order chi connectivity index (χ1) is 7.74. The topological polar surface area (TPSA) is 50.9 Å². The van der Waals surface area contributed by atoms with Crippen LogP contribution in [0.4, 0.5) is 11.6 Å². The lowest BCUT2D eigenvalue weighted by Crippen LogP contribution is -2.02. The number of nitrogens with two attached hydrogens (primary N) is 1. The minimum absolute atomic E-state index is 0.515. The zero-order valence-corrected chi connectivity index (χ0v) is 9.41. The average Bonchev–Trinajstić information content (AvgIpc) is 2.28. The standard InChI is InChI=1S/C12H12ClN3/c13-10-6-4-9(5-7-10)8-15-12-3-1-2-11(14)16-12/h1-7H,8H2,(H3,14,15,16). The van der Waals surface area contributed by atoms with E-state index >= 15 is 0 Å². The second-order valence-corrected chi connectivity index (χ2v) is 3.86. The molecule has 0 amide bonds. The molecule has 0 fully saturated rings. The van der Waals surface area contributed by atoms with Gasteiger partial charge in [0, 0.05) is 11.6 Å². The van der Waals surface area contributed by atoms with Gasteiger partial charge in [0.1, 0.15) is 11.6 Å². The number of nitrogens with one attached hydrogen (secondary N) is 1. The first kappa shape index (κ1) is 10.8. The predicted octanol–water partition coefficient (Wildman–Crippen LogP) is 2.93. The van der Waals surface area contributed by atoms with Crippen LogP contribution in [0.2, 0.25) is 5.02 Å². The molecular weight excluding hydrogens is 222 g/mol. The van der Waals surface area contributed by atoms with Crippen LogP contribution >= 0.6 is 11.6 Å². The highest BCUT2D eigenvalue weighted by Crippen LogP contribution is 2.11. The van der Waals surface area contributed by atoms with Crippen LogP contribution in [-0.4, -0.2) is 4.98 Å². The number of nitrogen functional groups attached to an aromatic ring is 1. The van der Waals surface area contributed by atoms with Gasteiger partial charge in [-0.25, -0.2) is 4.98 Å². The Morgan fingerprint density at radius 1 is 1.12 bits per heavy atom. The zero-order chi connectivity index (χ0) is 11.4. The lowest BCUT2D eigenvalue weighted by molar-refractivity contribution is 1.11. The van der Waals surface area contributed by atoms with E-state index in [1.807, 2.05) is 36.4 Å². The molecular formula is C12H12ClN3. The zero-order valence-electron chi connectivity index (χ0n) is 8.65. The third-order valence-corrected chi connectivity index (χ3v) is 2.41. The van der Waals surface area contributed by atoms with Crippen molar-refractivity contribution in [1.29, 1.82) is 0 Å². The number of hydrogen-bond acceptors (Lipinski definition) is 3. The number of nitrogens with zero attached hydrogens (tertiary/aromatic N) is 1. The Hall–Kier alpha value is -1.74. The van der Waals surface area contributed by atoms with E-state index in [1.165, 1.54) is 0 Å². The van der Waals surface area contributed by atoms with E-state index in [0.717, 1.165) is 16.4 Å². The van der Waals surface area contributed by atoms with Gasteiger partial charge in [0.05, 0.1) is 0 Å². The van der Waals surface area contributed by atoms with Crippen LogP contribution in [-0.2, 0) is 6.54 Å². The molecule has 0 aliphatic rings. The SMILES string of the molecule is Nc1cccc(NCc2ccc(Cl)cc2)n1. The van der Waals surface area contributed by atoms with E-state index in [2.05, 4.69) is 10.3 Å². The summed E-state index contributed by atoms with van der Waals surface area (Å²) in [6, 6.07) is 13.2. The molecule has 0 atom stereocenters. The monoisotopic (exact) mass is 233 g/mol. The first-order valence-electron chi connectivity index (χ1n) is 4.95. The summed E-state index contributed by atoms with van der Waals surface area (Å²) >= 11 is 5.80. The van der Waals surface area contributed by atoms with E-state index in [4.69, 9.17) is 17.3 Å². The van der Waals surface area contributed by atoms with Gasteiger partial charge in [-0.1, -0.05) is 29.8 Å². The second-order valence-electron chi connectivity index (χ2n) is 3.43. The Morgan fingerprint density at radius 2 is 1.88 bits per heavy atom. The maximum absolute atomic E-state index is 5.80. The minimum Gasteiger partial charge on any atom is -0.384 e. The van der Waals surface area contributed by atoms with Crippen LogP contribution in [0.15, 0.2) is 42.5 Å². The normalized spacial score (nSPS) is 10.1. The largest absolute Gasteiger partial charge is 0.384 e. The molecule has 4 heteroatoms. The molecule has 0 spiro atoms. The van der Waals surface area contributed by atoms with Crippen molar-refractivity contribution in [2.24, 2.45) is 0 Å². The van der Waals surface area contributed by atoms with E-state index in [1.54, 1.807) is 6.07 Å². The highest BCUT2D eigenvalue weighted by atomic mass is 35.5. The van der Waals surface area contributed by atoms with Gasteiger partial charge in [0.2, 0.25) is 0 Å². The summed E-state index contributed by atoms with van der Waals surface area (Å²) in [5.41, 5.74) is 6.73. The van der Waals surface area contributed by atoms with Crippen LogP contribution in [0, 0.1) is 0 Å². The summed E-state index contributed by atoms with van der Waals surface area (Å²) in [4.78, 5) is 4.15. The predicted molar refractivity (Wildman–Crippen MR) is 67.4 cm³/mol. The number of anilines is 2. The van der Waals surface area contributed by atoms with E-state index < -0.39 is 0 Å². The van der Waals surface area contributed by atoms with E-state index in [9.17, 15) is 0 Å². The average molecular weight is 234 g/mol. The second kappa shape index (κ2) is 4.86. The molecule has 0 bridgehead atoms. The first-order valence-corrected chi connectivity index (χ1v) is 5.33. The third kappa shape index (κ3) is 2.87. The number of hydrogen-bond donors (Lipinski definition) is 2. The van der Waals surface area contributed by atoms with Crippen molar-refractivity contribution in [2.45, 2.75) is 6.54 Å². The molecule has 82 valence electrons. The molecule has 0 unspecified atom stereocenters. The Bertz CT molecular complexity index is 468. The van der Waals surface area contributed by atoms with Gasteiger partial charge in [-0.05, 0) is 29.8 Å². The van der Waals surface area contributed by atoms with Crippen molar-refractivity contribution in [3.8, 4) is 0 Å². The summed E-state index contributed by atoms with van der Waals surface area (Å²) in [6.45, 7) is 0.702. The number of rotatable bonds is 3. The van der Waals surface area contributed by atoms with E-state index in [-0.39, 0.29) is 0 Å². The van der Waals surface area contributed by atoms with Crippen molar-refractivity contribution in [1.82, 2.24) is 4.98 Å². The summed E-state index contributed by atoms with van der Waals surface area (Å²) in [7, 11) is 0. The Labute approximate surface area is 99.3 Å². The molecule has 0 aliphatic heterocycles. The lowest BCUT2D eigenvalue weighted by Gasteiger charge is -2.06. The third-order valence-electron chi connectivity index (χ3n) is 2.16. The maximum atomic E-state index is 5.80. The van der Waals surface area contributed by atoms with Crippen LogP contribution in [0.1, 0.15) is 5.56 Å². The fourth-order valence-electron chi connectivity index (χ4n) is 1.34. The molecule has 1 aromatic carbocycles. The summed E-state index contributed by atoms with van der Waals surface area (Å²) in [5.74, 6) is 1.29. The Kier molecular flexibility index (Phi) is 3.27. The molecule has 3 N–H and O–H groups in total. The summed E-state index contributed by atoms with van der Waals surface area (Å²) < 4.78 is 0. The van der Waals surface area contributed by atoms with Gasteiger partial charge < -0.3 is 11.1 Å². The van der Waals surface area contributed by atoms with Crippen LogP contribution in [0.3, 0.4) is 0 Å². The summed E-state index contributed by atoms with van der Waals surface area (Å²) in [6.07, 6.45) is 0. The Morgan fingerprint density at radius 3 is 2.56 bits per heavy atom. The maximum Gasteiger partial charge on any atom is 0.128 e. The minimum atomic E-state index is 0.515. The number of halogens is 1. The van der Waals surface area contributed by atoms with Crippen molar-refractivity contribution in [3.63, 3.8) is 0 Å². The van der Waals surface area contributed by atoms with Gasteiger partial charge >= 0.3 is 0 Å². The molecule has 16 heavy (non-hydrogen) atoms. The number of pyridine rings is 1.